The monoisotopic (exact) mass is 519 g/mol. The number of nitrogens with zero attached hydrogens (tertiary/aromatic N) is 4. The summed E-state index contributed by atoms with van der Waals surface area (Å²) in [6.45, 7) is 2.00. The van der Waals surface area contributed by atoms with E-state index in [0.717, 1.165) is 31.4 Å². The normalized spacial score (nSPS) is 16.9. The number of carbonyl (C=O) groups excluding carboxylic acids is 1. The minimum Gasteiger partial charge on any atom is -0.379 e. The molecule has 2 aromatic carbocycles. The topological polar surface area (TPSA) is 165 Å². The van der Waals surface area contributed by atoms with Crippen LogP contribution in [0, 0.1) is 20.2 Å². The third-order valence-corrected chi connectivity index (χ3v) is 8.03. The van der Waals surface area contributed by atoms with Crippen molar-refractivity contribution in [3.05, 3.63) is 62.2 Å². The number of hydrogen-bond acceptors (Lipinski definition) is 9. The highest BCUT2D eigenvalue weighted by Gasteiger charge is 2.33. The molecule has 0 atom stereocenters. The molecule has 0 spiro atoms. The van der Waals surface area contributed by atoms with E-state index < -0.39 is 37.2 Å². The number of benzene rings is 2. The molecule has 2 aliphatic heterocycles. The molecule has 2 fully saturated rings. The summed E-state index contributed by atoms with van der Waals surface area (Å²) in [5.41, 5.74) is -1.14. The van der Waals surface area contributed by atoms with Gasteiger partial charge in [0.1, 0.15) is 0 Å². The van der Waals surface area contributed by atoms with Crippen molar-refractivity contribution in [2.75, 3.05) is 49.6 Å². The van der Waals surface area contributed by atoms with Gasteiger partial charge in [0.2, 0.25) is 10.0 Å². The number of hydrogen-bond donors (Lipinski definition) is 1. The fourth-order valence-corrected chi connectivity index (χ4v) is 5.71. The van der Waals surface area contributed by atoms with E-state index in [9.17, 15) is 33.4 Å². The molecule has 0 bridgehead atoms. The van der Waals surface area contributed by atoms with Crippen LogP contribution >= 0.6 is 0 Å². The Hall–Kier alpha value is -3.62. The Labute approximate surface area is 207 Å². The highest BCUT2D eigenvalue weighted by atomic mass is 32.2. The fourth-order valence-electron chi connectivity index (χ4n) is 4.30. The summed E-state index contributed by atoms with van der Waals surface area (Å²) in [5, 5.41) is 26.1. The molecule has 0 aliphatic carbocycles. The number of morpholine rings is 1. The number of sulfonamides is 1. The fraction of sp³-hybridized carbons (Fsp3) is 0.409. The number of rotatable bonds is 7. The van der Waals surface area contributed by atoms with E-state index in [1.165, 1.54) is 28.6 Å². The Morgan fingerprint density at radius 1 is 0.889 bits per heavy atom. The summed E-state index contributed by atoms with van der Waals surface area (Å²) in [4.78, 5) is 36.7. The van der Waals surface area contributed by atoms with Gasteiger partial charge in [0.25, 0.3) is 17.3 Å². The lowest BCUT2D eigenvalue weighted by atomic mass is 10.1. The lowest BCUT2D eigenvalue weighted by Crippen LogP contribution is -2.40. The van der Waals surface area contributed by atoms with Gasteiger partial charge in [-0.3, -0.25) is 25.0 Å². The average Bonchev–Trinajstić information content (AvgIpc) is 2.89. The number of piperidine rings is 1. The maximum atomic E-state index is 12.9. The van der Waals surface area contributed by atoms with Gasteiger partial charge in [-0.25, -0.2) is 8.42 Å². The Morgan fingerprint density at radius 2 is 1.44 bits per heavy atom. The van der Waals surface area contributed by atoms with Crippen molar-refractivity contribution >= 4 is 38.7 Å². The summed E-state index contributed by atoms with van der Waals surface area (Å²) >= 11 is 0. The van der Waals surface area contributed by atoms with Gasteiger partial charge in [0, 0.05) is 44.0 Å². The second kappa shape index (κ2) is 10.6. The molecule has 4 rings (SSSR count). The van der Waals surface area contributed by atoms with Crippen molar-refractivity contribution in [3.63, 3.8) is 0 Å². The van der Waals surface area contributed by atoms with Crippen LogP contribution in [0.3, 0.4) is 0 Å². The molecule has 0 radical (unpaired) electrons. The van der Waals surface area contributed by atoms with Crippen LogP contribution in [-0.2, 0) is 14.8 Å². The predicted octanol–water partition coefficient (Wildman–Crippen LogP) is 2.77. The largest absolute Gasteiger partial charge is 0.379 e. The first-order valence-corrected chi connectivity index (χ1v) is 12.8. The highest BCUT2D eigenvalue weighted by molar-refractivity contribution is 7.89. The molecule has 14 heteroatoms. The zero-order valence-corrected chi connectivity index (χ0v) is 20.1. The van der Waals surface area contributed by atoms with Crippen LogP contribution in [-0.4, -0.2) is 67.9 Å². The standard InChI is InChI=1S/C22H25N5O8S/c28-22(23-17-4-6-18(7-5-17)36(33,34)25-10-12-35-13-11-25)16-14-19(26(29)30)21(20(15-16)27(31)32)24-8-2-1-3-9-24/h4-7,14-15H,1-3,8-13H2,(H,23,28). The van der Waals surface area contributed by atoms with E-state index >= 15 is 0 Å². The van der Waals surface area contributed by atoms with Crippen LogP contribution in [0.1, 0.15) is 29.6 Å². The molecule has 192 valence electrons. The van der Waals surface area contributed by atoms with E-state index in [1.54, 1.807) is 4.90 Å². The van der Waals surface area contributed by atoms with Crippen LogP contribution in [0.4, 0.5) is 22.7 Å². The second-order valence-electron chi connectivity index (χ2n) is 8.42. The number of amides is 1. The third-order valence-electron chi connectivity index (χ3n) is 6.12. The molecule has 2 aromatic rings. The van der Waals surface area contributed by atoms with E-state index in [4.69, 9.17) is 4.74 Å². The molecule has 36 heavy (non-hydrogen) atoms. The summed E-state index contributed by atoms with van der Waals surface area (Å²) in [5.74, 6) is -0.796. The molecule has 2 aliphatic rings. The highest BCUT2D eigenvalue weighted by Crippen LogP contribution is 2.40. The Bertz CT molecular complexity index is 1230. The van der Waals surface area contributed by atoms with Crippen LogP contribution < -0.4 is 10.2 Å². The summed E-state index contributed by atoms with van der Waals surface area (Å²) in [6.07, 6.45) is 2.45. The van der Waals surface area contributed by atoms with Gasteiger partial charge < -0.3 is 15.0 Å². The first kappa shape index (κ1) is 25.5. The van der Waals surface area contributed by atoms with E-state index in [2.05, 4.69) is 5.32 Å². The van der Waals surface area contributed by atoms with Crippen molar-refractivity contribution in [3.8, 4) is 0 Å². The smallest absolute Gasteiger partial charge is 0.300 e. The predicted molar refractivity (Wildman–Crippen MR) is 130 cm³/mol. The molecule has 0 unspecified atom stereocenters. The van der Waals surface area contributed by atoms with Gasteiger partial charge in [-0.05, 0) is 43.5 Å². The number of ether oxygens (including phenoxy) is 1. The maximum Gasteiger partial charge on any atom is 0.300 e. The summed E-state index contributed by atoms with van der Waals surface area (Å²) in [7, 11) is -3.72. The van der Waals surface area contributed by atoms with Gasteiger partial charge >= 0.3 is 0 Å². The van der Waals surface area contributed by atoms with Gasteiger partial charge in [-0.1, -0.05) is 0 Å². The van der Waals surface area contributed by atoms with Crippen LogP contribution in [0.2, 0.25) is 0 Å². The molecule has 13 nitrogen and oxygen atoms in total. The van der Waals surface area contributed by atoms with Gasteiger partial charge in [-0.2, -0.15) is 4.31 Å². The van der Waals surface area contributed by atoms with Crippen LogP contribution in [0.15, 0.2) is 41.3 Å². The third kappa shape index (κ3) is 5.29. The molecule has 2 saturated heterocycles. The van der Waals surface area contributed by atoms with E-state index in [0.29, 0.717) is 26.3 Å². The number of nitro benzene ring substituents is 2. The van der Waals surface area contributed by atoms with Crippen LogP contribution in [0.5, 0.6) is 0 Å². The van der Waals surface area contributed by atoms with Gasteiger partial charge in [-0.15, -0.1) is 0 Å². The van der Waals surface area contributed by atoms with E-state index in [1.807, 2.05) is 0 Å². The first-order chi connectivity index (χ1) is 17.2. The molecule has 1 N–H and O–H groups in total. The number of nitro groups is 2. The van der Waals surface area contributed by atoms with Crippen molar-refractivity contribution in [1.82, 2.24) is 4.31 Å². The molecular weight excluding hydrogens is 494 g/mol. The SMILES string of the molecule is O=C(Nc1ccc(S(=O)(=O)N2CCOCC2)cc1)c1cc([N+](=O)[O-])c(N2CCCCC2)c([N+](=O)[O-])c1. The van der Waals surface area contributed by atoms with Gasteiger partial charge in [0.15, 0.2) is 5.69 Å². The van der Waals surface area contributed by atoms with Crippen molar-refractivity contribution < 1.29 is 27.8 Å². The lowest BCUT2D eigenvalue weighted by molar-refractivity contribution is -0.392. The average molecular weight is 520 g/mol. The van der Waals surface area contributed by atoms with Crippen molar-refractivity contribution in [2.24, 2.45) is 0 Å². The number of nitrogens with one attached hydrogen (secondary N) is 1. The molecule has 0 aromatic heterocycles. The lowest BCUT2D eigenvalue weighted by Gasteiger charge is -2.28. The Morgan fingerprint density at radius 3 is 1.97 bits per heavy atom. The second-order valence-corrected chi connectivity index (χ2v) is 10.4. The number of carbonyl (C=O) groups is 1. The Kier molecular flexibility index (Phi) is 7.47. The molecule has 1 amide bonds. The quantitative estimate of drug-likeness (QED) is 0.427. The minimum atomic E-state index is -3.72. The molecule has 0 saturated carbocycles. The number of anilines is 2. The minimum absolute atomic E-state index is 0.0413. The summed E-state index contributed by atoms with van der Waals surface area (Å²) < 4.78 is 32.0. The molecular formula is C22H25N5O8S. The maximum absolute atomic E-state index is 12.9. The van der Waals surface area contributed by atoms with Crippen molar-refractivity contribution in [2.45, 2.75) is 24.2 Å². The van der Waals surface area contributed by atoms with Crippen LogP contribution in [0.25, 0.3) is 0 Å². The zero-order valence-electron chi connectivity index (χ0n) is 19.3. The van der Waals surface area contributed by atoms with Gasteiger partial charge in [0.05, 0.1) is 33.5 Å². The summed E-state index contributed by atoms with van der Waals surface area (Å²) in [6, 6.07) is 7.51. The zero-order chi connectivity index (χ0) is 25.9. The van der Waals surface area contributed by atoms with E-state index in [-0.39, 0.29) is 34.9 Å². The van der Waals surface area contributed by atoms with Crippen molar-refractivity contribution in [1.29, 1.82) is 0 Å². The first-order valence-electron chi connectivity index (χ1n) is 11.4. The molecule has 2 heterocycles. The Balaban J connectivity index is 1.59.